The molecule has 0 saturated carbocycles. The van der Waals surface area contributed by atoms with Gasteiger partial charge in [-0.05, 0) is 58.6 Å². The predicted octanol–water partition coefficient (Wildman–Crippen LogP) is 4.55. The largest absolute Gasteiger partial charge is 0.325 e. The lowest BCUT2D eigenvalue weighted by Gasteiger charge is -2.12. The van der Waals surface area contributed by atoms with E-state index in [9.17, 15) is 9.18 Å². The minimum Gasteiger partial charge on any atom is -0.325 e. The lowest BCUT2D eigenvalue weighted by molar-refractivity contribution is -0.115. The van der Waals surface area contributed by atoms with Gasteiger partial charge in [-0.1, -0.05) is 18.2 Å². The number of anilines is 1. The summed E-state index contributed by atoms with van der Waals surface area (Å²) in [4.78, 5) is 13.6. The van der Waals surface area contributed by atoms with E-state index in [1.54, 1.807) is 24.8 Å². The molecule has 0 fully saturated rings. The van der Waals surface area contributed by atoms with Gasteiger partial charge in [0.1, 0.15) is 5.82 Å². The number of fused-ring (bicyclic) bond motifs is 1. The first-order valence-corrected chi connectivity index (χ1v) is 8.23. The average molecular weight is 366 g/mol. The summed E-state index contributed by atoms with van der Waals surface area (Å²) in [7, 11) is 0. The maximum Gasteiger partial charge on any atom is 0.238 e. The Labute approximate surface area is 135 Å². The van der Waals surface area contributed by atoms with Crippen LogP contribution in [0.5, 0.6) is 0 Å². The van der Waals surface area contributed by atoms with Crippen molar-refractivity contribution in [2.75, 3.05) is 5.32 Å². The molecule has 1 aliphatic heterocycles. The van der Waals surface area contributed by atoms with E-state index in [1.165, 1.54) is 11.6 Å². The average Bonchev–Trinajstić information content (AvgIpc) is 2.88. The maximum atomic E-state index is 13.4. The first-order chi connectivity index (χ1) is 10.0. The number of nitrogens with one attached hydrogen (secondary N) is 1. The monoisotopic (exact) mass is 365 g/mol. The number of hydrogen-bond acceptors (Lipinski definition) is 2. The van der Waals surface area contributed by atoms with E-state index < -0.39 is 0 Å². The van der Waals surface area contributed by atoms with Crippen molar-refractivity contribution in [1.82, 2.24) is 0 Å². The molecule has 0 radical (unpaired) electrons. The second-order valence-corrected chi connectivity index (χ2v) is 7.09. The molecule has 2 nitrogen and oxygen atoms in total. The molecule has 3 rings (SSSR count). The van der Waals surface area contributed by atoms with E-state index in [2.05, 4.69) is 27.3 Å². The number of carbonyl (C=O) groups is 1. The van der Waals surface area contributed by atoms with Gasteiger partial charge in [0.2, 0.25) is 5.91 Å². The number of rotatable bonds is 2. The number of benzene rings is 2. The number of thioether (sulfide) groups is 1. The number of carbonyl (C=O) groups excluding carboxylic acids is 1. The summed E-state index contributed by atoms with van der Waals surface area (Å²) in [5.41, 5.74) is 2.56. The van der Waals surface area contributed by atoms with Crippen LogP contribution in [0.4, 0.5) is 10.1 Å². The van der Waals surface area contributed by atoms with Crippen LogP contribution in [0.3, 0.4) is 0 Å². The van der Waals surface area contributed by atoms with Gasteiger partial charge in [0.15, 0.2) is 0 Å². The van der Waals surface area contributed by atoms with Crippen LogP contribution in [0.1, 0.15) is 11.1 Å². The van der Waals surface area contributed by atoms with Crippen LogP contribution < -0.4 is 5.32 Å². The van der Waals surface area contributed by atoms with Crippen molar-refractivity contribution in [2.45, 2.75) is 23.5 Å². The van der Waals surface area contributed by atoms with Crippen LogP contribution in [0.2, 0.25) is 0 Å². The van der Waals surface area contributed by atoms with Crippen LogP contribution in [0, 0.1) is 12.7 Å². The highest BCUT2D eigenvalue weighted by Crippen LogP contribution is 2.37. The van der Waals surface area contributed by atoms with Crippen LogP contribution in [-0.4, -0.2) is 11.2 Å². The van der Waals surface area contributed by atoms with Gasteiger partial charge in [0.05, 0.1) is 9.72 Å². The maximum absolute atomic E-state index is 13.4. The Bertz CT molecular complexity index is 694. The SMILES string of the molecule is Cc1cc(F)c(Br)cc1NC(=O)C1Cc2ccccc2S1. The molecule has 21 heavy (non-hydrogen) atoms. The molecule has 0 saturated heterocycles. The summed E-state index contributed by atoms with van der Waals surface area (Å²) in [5, 5.41) is 2.76. The van der Waals surface area contributed by atoms with Gasteiger partial charge in [-0.2, -0.15) is 0 Å². The fourth-order valence-corrected chi connectivity index (χ4v) is 3.86. The molecule has 1 N–H and O–H groups in total. The summed E-state index contributed by atoms with van der Waals surface area (Å²) >= 11 is 4.72. The zero-order chi connectivity index (χ0) is 15.0. The van der Waals surface area contributed by atoms with Crippen molar-refractivity contribution in [3.63, 3.8) is 0 Å². The van der Waals surface area contributed by atoms with Gasteiger partial charge in [-0.15, -0.1) is 11.8 Å². The minimum absolute atomic E-state index is 0.0437. The first-order valence-electron chi connectivity index (χ1n) is 6.55. The molecular formula is C16H13BrFNOS. The van der Waals surface area contributed by atoms with Gasteiger partial charge >= 0.3 is 0 Å². The zero-order valence-electron chi connectivity index (χ0n) is 11.3. The highest BCUT2D eigenvalue weighted by Gasteiger charge is 2.28. The molecule has 108 valence electrons. The number of halogens is 2. The van der Waals surface area contributed by atoms with Crippen LogP contribution in [0.15, 0.2) is 45.8 Å². The summed E-state index contributed by atoms with van der Waals surface area (Å²) in [6, 6.07) is 11.1. The quantitative estimate of drug-likeness (QED) is 0.845. The van der Waals surface area contributed by atoms with Crippen molar-refractivity contribution < 1.29 is 9.18 Å². The molecule has 1 aliphatic rings. The Hall–Kier alpha value is -1.33. The van der Waals surface area contributed by atoms with E-state index in [0.29, 0.717) is 15.7 Å². The Morgan fingerprint density at radius 2 is 2.14 bits per heavy atom. The first kappa shape index (κ1) is 14.6. The van der Waals surface area contributed by atoms with E-state index in [-0.39, 0.29) is 17.0 Å². The van der Waals surface area contributed by atoms with Crippen molar-refractivity contribution in [2.24, 2.45) is 0 Å². The topological polar surface area (TPSA) is 29.1 Å². The highest BCUT2D eigenvalue weighted by molar-refractivity contribution is 9.10. The molecule has 1 atom stereocenters. The third kappa shape index (κ3) is 2.99. The smallest absolute Gasteiger partial charge is 0.238 e. The third-order valence-corrected chi connectivity index (χ3v) is 5.39. The molecule has 0 bridgehead atoms. The minimum atomic E-state index is -0.326. The Balaban J connectivity index is 1.75. The lowest BCUT2D eigenvalue weighted by atomic mass is 10.1. The fraction of sp³-hybridized carbons (Fsp3) is 0.188. The summed E-state index contributed by atoms with van der Waals surface area (Å²) < 4.78 is 13.8. The Morgan fingerprint density at radius 1 is 1.38 bits per heavy atom. The molecule has 2 aromatic rings. The number of hydrogen-bond donors (Lipinski definition) is 1. The third-order valence-electron chi connectivity index (χ3n) is 3.46. The normalized spacial score (nSPS) is 16.6. The van der Waals surface area contributed by atoms with Crippen molar-refractivity contribution in [3.8, 4) is 0 Å². The Morgan fingerprint density at radius 3 is 2.90 bits per heavy atom. The van der Waals surface area contributed by atoms with Gasteiger partial charge in [-0.3, -0.25) is 4.79 Å². The number of amides is 1. The number of aryl methyl sites for hydroxylation is 1. The standard InChI is InChI=1S/C16H13BrFNOS/c1-9-6-12(18)11(17)8-13(9)19-16(20)15-7-10-4-2-3-5-14(10)21-15/h2-6,8,15H,7H2,1H3,(H,19,20). The summed E-state index contributed by atoms with van der Waals surface area (Å²) in [6.45, 7) is 1.78. The lowest BCUT2D eigenvalue weighted by Crippen LogP contribution is -2.25. The van der Waals surface area contributed by atoms with Gasteiger partial charge in [-0.25, -0.2) is 4.39 Å². The van der Waals surface area contributed by atoms with Crippen LogP contribution >= 0.6 is 27.7 Å². The molecule has 1 heterocycles. The molecule has 1 unspecified atom stereocenters. The van der Waals surface area contributed by atoms with E-state index in [1.807, 2.05) is 18.2 Å². The van der Waals surface area contributed by atoms with Crippen molar-refractivity contribution >= 4 is 39.3 Å². The van der Waals surface area contributed by atoms with Crippen LogP contribution in [-0.2, 0) is 11.2 Å². The van der Waals surface area contributed by atoms with Crippen LogP contribution in [0.25, 0.3) is 0 Å². The predicted molar refractivity (Wildman–Crippen MR) is 87.3 cm³/mol. The molecule has 5 heteroatoms. The molecule has 0 spiro atoms. The molecule has 2 aromatic carbocycles. The van der Waals surface area contributed by atoms with Crippen molar-refractivity contribution in [3.05, 3.63) is 57.8 Å². The zero-order valence-corrected chi connectivity index (χ0v) is 13.7. The van der Waals surface area contributed by atoms with Gasteiger partial charge < -0.3 is 5.32 Å². The van der Waals surface area contributed by atoms with E-state index >= 15 is 0 Å². The molecule has 1 amide bonds. The van der Waals surface area contributed by atoms with Crippen molar-refractivity contribution in [1.29, 1.82) is 0 Å². The van der Waals surface area contributed by atoms with E-state index in [0.717, 1.165) is 11.3 Å². The molecular weight excluding hydrogens is 353 g/mol. The van der Waals surface area contributed by atoms with E-state index in [4.69, 9.17) is 0 Å². The fourth-order valence-electron chi connectivity index (χ4n) is 2.32. The van der Waals surface area contributed by atoms with Gasteiger partial charge in [0, 0.05) is 10.6 Å². The second kappa shape index (κ2) is 5.81. The second-order valence-electron chi connectivity index (χ2n) is 4.99. The molecule has 0 aliphatic carbocycles. The summed E-state index contributed by atoms with van der Waals surface area (Å²) in [6.07, 6.45) is 0.730. The highest BCUT2D eigenvalue weighted by atomic mass is 79.9. The Kier molecular flexibility index (Phi) is 4.04. The molecule has 0 aromatic heterocycles. The van der Waals surface area contributed by atoms with Gasteiger partial charge in [0.25, 0.3) is 0 Å². The summed E-state index contributed by atoms with van der Waals surface area (Å²) in [5.74, 6) is -0.369.